The predicted molar refractivity (Wildman–Crippen MR) is 141 cm³/mol. The van der Waals surface area contributed by atoms with Crippen molar-refractivity contribution in [3.8, 4) is 22.6 Å². The SMILES string of the molecule is CC(C)(C)OC(=O)N1CCCC1CNc1ccc(-c2ccccc2)cc1Oc1ccc(C(N)=O)cc1. The van der Waals surface area contributed by atoms with Crippen molar-refractivity contribution in [2.24, 2.45) is 5.73 Å². The third kappa shape index (κ3) is 6.36. The van der Waals surface area contributed by atoms with Crippen molar-refractivity contribution in [3.63, 3.8) is 0 Å². The molecule has 1 aliphatic rings. The Morgan fingerprint density at radius 1 is 1.00 bits per heavy atom. The van der Waals surface area contributed by atoms with E-state index in [1.54, 1.807) is 29.2 Å². The van der Waals surface area contributed by atoms with Crippen molar-refractivity contribution in [1.82, 2.24) is 4.90 Å². The number of carbonyl (C=O) groups excluding carboxylic acids is 2. The molecule has 0 radical (unpaired) electrons. The number of hydrogen-bond acceptors (Lipinski definition) is 5. The average Bonchev–Trinajstić information content (AvgIpc) is 3.32. The topological polar surface area (TPSA) is 93.9 Å². The van der Waals surface area contributed by atoms with Crippen molar-refractivity contribution >= 4 is 17.7 Å². The monoisotopic (exact) mass is 487 g/mol. The molecule has 1 aliphatic heterocycles. The van der Waals surface area contributed by atoms with Gasteiger partial charge < -0.3 is 25.4 Å². The van der Waals surface area contributed by atoms with Crippen LogP contribution in [0.2, 0.25) is 0 Å². The highest BCUT2D eigenvalue weighted by Crippen LogP contribution is 2.35. The predicted octanol–water partition coefficient (Wildman–Crippen LogP) is 6.06. The first-order valence-corrected chi connectivity index (χ1v) is 12.2. The molecule has 3 N–H and O–H groups in total. The highest BCUT2D eigenvalue weighted by molar-refractivity contribution is 5.92. The highest BCUT2D eigenvalue weighted by atomic mass is 16.6. The molecule has 36 heavy (non-hydrogen) atoms. The van der Waals surface area contributed by atoms with Crippen molar-refractivity contribution < 1.29 is 19.1 Å². The zero-order valence-corrected chi connectivity index (χ0v) is 21.0. The van der Waals surface area contributed by atoms with Crippen molar-refractivity contribution in [2.75, 3.05) is 18.4 Å². The lowest BCUT2D eigenvalue weighted by molar-refractivity contribution is 0.0235. The molecule has 3 aromatic rings. The molecule has 7 nitrogen and oxygen atoms in total. The number of carbonyl (C=O) groups is 2. The number of primary amides is 1. The van der Waals surface area contributed by atoms with E-state index in [1.165, 1.54) is 0 Å². The summed E-state index contributed by atoms with van der Waals surface area (Å²) in [5.41, 5.74) is 8.15. The van der Waals surface area contributed by atoms with E-state index in [2.05, 4.69) is 5.32 Å². The van der Waals surface area contributed by atoms with Gasteiger partial charge in [-0.05, 0) is 81.1 Å². The van der Waals surface area contributed by atoms with Crippen LogP contribution in [0.15, 0.2) is 72.8 Å². The van der Waals surface area contributed by atoms with Gasteiger partial charge in [0.15, 0.2) is 5.75 Å². The number of benzene rings is 3. The zero-order valence-electron chi connectivity index (χ0n) is 21.0. The Bertz CT molecular complexity index is 1200. The fraction of sp³-hybridized carbons (Fsp3) is 0.310. The summed E-state index contributed by atoms with van der Waals surface area (Å²) in [6, 6.07) is 22.8. The van der Waals surface area contributed by atoms with Gasteiger partial charge in [-0.25, -0.2) is 4.79 Å². The number of hydrogen-bond donors (Lipinski definition) is 2. The molecule has 1 atom stereocenters. The number of amides is 2. The van der Waals surface area contributed by atoms with Gasteiger partial charge in [0.05, 0.1) is 11.7 Å². The molecule has 3 aromatic carbocycles. The molecule has 0 aliphatic carbocycles. The molecule has 4 rings (SSSR count). The Balaban J connectivity index is 1.55. The quantitative estimate of drug-likeness (QED) is 0.423. The van der Waals surface area contributed by atoms with Gasteiger partial charge in [0.25, 0.3) is 0 Å². The van der Waals surface area contributed by atoms with Gasteiger partial charge in [-0.15, -0.1) is 0 Å². The fourth-order valence-electron chi connectivity index (χ4n) is 4.21. The van der Waals surface area contributed by atoms with Crippen molar-refractivity contribution in [2.45, 2.75) is 45.3 Å². The number of ether oxygens (including phenoxy) is 2. The summed E-state index contributed by atoms with van der Waals surface area (Å²) >= 11 is 0. The lowest BCUT2D eigenvalue weighted by Crippen LogP contribution is -2.42. The smallest absolute Gasteiger partial charge is 0.410 e. The van der Waals surface area contributed by atoms with Crippen molar-refractivity contribution in [1.29, 1.82) is 0 Å². The van der Waals surface area contributed by atoms with Crippen LogP contribution in [0.4, 0.5) is 10.5 Å². The molecule has 0 aromatic heterocycles. The Hall–Kier alpha value is -4.00. The molecular formula is C29H33N3O4. The standard InChI is InChI=1S/C29H33N3O4/c1-29(2,3)36-28(34)32-17-7-10-23(32)19-31-25-16-13-22(20-8-5-4-6-9-20)18-26(25)35-24-14-11-21(12-15-24)27(30)33/h4-6,8-9,11-16,18,23,31H,7,10,17,19H2,1-3H3,(H2,30,33). The van der Waals surface area contributed by atoms with E-state index in [9.17, 15) is 9.59 Å². The second kappa shape index (κ2) is 10.7. The molecule has 188 valence electrons. The number of nitrogens with two attached hydrogens (primary N) is 1. The van der Waals surface area contributed by atoms with E-state index in [-0.39, 0.29) is 12.1 Å². The van der Waals surface area contributed by atoms with Gasteiger partial charge in [-0.1, -0.05) is 36.4 Å². The first-order valence-electron chi connectivity index (χ1n) is 12.2. The van der Waals surface area contributed by atoms with Crippen LogP contribution in [0, 0.1) is 0 Å². The van der Waals surface area contributed by atoms with E-state index >= 15 is 0 Å². The minimum absolute atomic E-state index is 0.0244. The third-order valence-electron chi connectivity index (χ3n) is 5.99. The van der Waals surface area contributed by atoms with Gasteiger partial charge >= 0.3 is 6.09 Å². The second-order valence-electron chi connectivity index (χ2n) is 9.92. The lowest BCUT2D eigenvalue weighted by Gasteiger charge is -2.29. The van der Waals surface area contributed by atoms with Crippen molar-refractivity contribution in [3.05, 3.63) is 78.4 Å². The highest BCUT2D eigenvalue weighted by Gasteiger charge is 2.32. The summed E-state index contributed by atoms with van der Waals surface area (Å²) in [5.74, 6) is 0.746. The largest absolute Gasteiger partial charge is 0.455 e. The van der Waals surface area contributed by atoms with Crippen LogP contribution >= 0.6 is 0 Å². The minimum atomic E-state index is -0.532. The first-order chi connectivity index (χ1) is 17.2. The summed E-state index contributed by atoms with van der Waals surface area (Å²) in [6.45, 7) is 6.89. The first kappa shape index (κ1) is 25.1. The maximum absolute atomic E-state index is 12.7. The zero-order chi connectivity index (χ0) is 25.7. The van der Waals surface area contributed by atoms with Gasteiger partial charge in [0.1, 0.15) is 11.4 Å². The molecule has 2 amide bonds. The van der Waals surface area contributed by atoms with E-state index < -0.39 is 11.5 Å². The average molecular weight is 488 g/mol. The maximum Gasteiger partial charge on any atom is 0.410 e. The number of nitrogens with zero attached hydrogens (tertiary/aromatic N) is 1. The Kier molecular flexibility index (Phi) is 7.48. The molecule has 1 heterocycles. The number of rotatable bonds is 7. The maximum atomic E-state index is 12.7. The number of nitrogens with one attached hydrogen (secondary N) is 1. The molecular weight excluding hydrogens is 454 g/mol. The van der Waals surface area contributed by atoms with Crippen LogP contribution in [0.3, 0.4) is 0 Å². The summed E-state index contributed by atoms with van der Waals surface area (Å²) < 4.78 is 11.8. The molecule has 7 heteroatoms. The number of anilines is 1. The van der Waals surface area contributed by atoms with Crippen LogP contribution in [-0.2, 0) is 4.74 Å². The van der Waals surface area contributed by atoms with Crippen LogP contribution in [0.1, 0.15) is 44.0 Å². The van der Waals surface area contributed by atoms with Crippen LogP contribution in [0.5, 0.6) is 11.5 Å². The second-order valence-corrected chi connectivity index (χ2v) is 9.92. The molecule has 0 bridgehead atoms. The summed E-state index contributed by atoms with van der Waals surface area (Å²) in [4.78, 5) is 25.9. The molecule has 0 saturated carbocycles. The summed E-state index contributed by atoms with van der Waals surface area (Å²) in [6.07, 6.45) is 1.56. The number of likely N-dealkylation sites (tertiary alicyclic amines) is 1. The van der Waals surface area contributed by atoms with E-state index in [4.69, 9.17) is 15.2 Å². The van der Waals surface area contributed by atoms with Gasteiger partial charge in [-0.3, -0.25) is 4.79 Å². The molecule has 1 fully saturated rings. The summed E-state index contributed by atoms with van der Waals surface area (Å²) in [7, 11) is 0. The fourth-order valence-corrected chi connectivity index (χ4v) is 4.21. The Morgan fingerprint density at radius 3 is 2.39 bits per heavy atom. The lowest BCUT2D eigenvalue weighted by atomic mass is 10.0. The Labute approximate surface area is 212 Å². The molecule has 1 unspecified atom stereocenters. The van der Waals surface area contributed by atoms with E-state index in [1.807, 2.05) is 69.3 Å². The normalized spacial score (nSPS) is 15.4. The molecule has 0 spiro atoms. The Morgan fingerprint density at radius 2 is 1.72 bits per heavy atom. The van der Waals surface area contributed by atoms with Crippen LogP contribution in [0.25, 0.3) is 11.1 Å². The van der Waals surface area contributed by atoms with Gasteiger partial charge in [0.2, 0.25) is 5.91 Å². The third-order valence-corrected chi connectivity index (χ3v) is 5.99. The molecule has 1 saturated heterocycles. The van der Waals surface area contributed by atoms with Crippen LogP contribution in [-0.4, -0.2) is 41.6 Å². The van der Waals surface area contributed by atoms with E-state index in [0.29, 0.717) is 30.2 Å². The van der Waals surface area contributed by atoms with Crippen LogP contribution < -0.4 is 15.8 Å². The summed E-state index contributed by atoms with van der Waals surface area (Å²) in [5, 5.41) is 3.48. The minimum Gasteiger partial charge on any atom is -0.455 e. The van der Waals surface area contributed by atoms with Gasteiger partial charge in [-0.2, -0.15) is 0 Å². The van der Waals surface area contributed by atoms with E-state index in [0.717, 1.165) is 29.7 Å². The van der Waals surface area contributed by atoms with Gasteiger partial charge in [0, 0.05) is 18.7 Å².